The van der Waals surface area contributed by atoms with E-state index in [2.05, 4.69) is 34.7 Å². The first kappa shape index (κ1) is 51.9. The summed E-state index contributed by atoms with van der Waals surface area (Å²) in [5.41, 5.74) is 10.8. The number of likely N-dealkylation sites (tertiary alicyclic amines) is 2. The lowest BCUT2D eigenvalue weighted by Crippen LogP contribution is -2.59. The number of benzene rings is 3. The van der Waals surface area contributed by atoms with E-state index in [1.54, 1.807) is 32.3 Å². The number of allylic oxidation sites excluding steroid dienone is 1. The largest absolute Gasteiger partial charge is 0.508 e. The van der Waals surface area contributed by atoms with Crippen LogP contribution in [-0.4, -0.2) is 126 Å². The number of halogens is 3. The Morgan fingerprint density at radius 1 is 0.958 bits per heavy atom. The molecule has 3 aromatic carbocycles. The van der Waals surface area contributed by atoms with Gasteiger partial charge in [0.05, 0.1) is 39.7 Å². The van der Waals surface area contributed by atoms with Crippen molar-refractivity contribution in [1.82, 2.24) is 29.1 Å². The zero-order chi connectivity index (χ0) is 50.7. The van der Waals surface area contributed by atoms with Crippen LogP contribution in [0.25, 0.3) is 16.8 Å². The number of phenolic OH excluding ortho intramolecular Hbond substituents is 1. The number of phenols is 1. The third-order valence-electron chi connectivity index (χ3n) is 14.6. The highest BCUT2D eigenvalue weighted by molar-refractivity contribution is 6.61. The van der Waals surface area contributed by atoms with Crippen LogP contribution in [0.5, 0.6) is 11.5 Å². The molecule has 7 heterocycles. The van der Waals surface area contributed by atoms with Gasteiger partial charge in [-0.05, 0) is 163 Å². The van der Waals surface area contributed by atoms with E-state index < -0.39 is 18.1 Å². The van der Waals surface area contributed by atoms with Gasteiger partial charge in [-0.1, -0.05) is 61.3 Å². The maximum atomic E-state index is 13.9. The van der Waals surface area contributed by atoms with Gasteiger partial charge in [-0.25, -0.2) is 9.37 Å². The van der Waals surface area contributed by atoms with Crippen molar-refractivity contribution in [2.45, 2.75) is 103 Å². The van der Waals surface area contributed by atoms with E-state index in [1.165, 1.54) is 30.5 Å². The molecule has 0 amide bonds. The number of aromatic hydroxyl groups is 1. The summed E-state index contributed by atoms with van der Waals surface area (Å²) >= 11 is 6.63. The second-order valence-electron chi connectivity index (χ2n) is 20.7. The number of pyridine rings is 2. The second kappa shape index (κ2) is 22.2. The van der Waals surface area contributed by atoms with Gasteiger partial charge in [-0.15, -0.1) is 0 Å². The smallest absolute Gasteiger partial charge is 0.491 e. The standard InChI is InChI=1S/C28H24B2ClFN4O.C15H21BFNO2.C13H19NO/c29-28(30,36-14-17(12-32)15-36)25-16-35-9-7-19(11-26(35)34-25)27-21-5-4-20(37)10-18(21)2-1-3-23(27)22-6-8-33-13-24(22)31;1-10-6-12-11(7-18(10)9-15(2,3)17)4-5-14-13(12)8-20-16(14)19;1-2-3-9-14-10-13(11-14)15-12-7-5-4-6-8-12/h4-11,13,16-17,37H,1-3,12,14-15H2;4-5,10,19H,6-9H2,1-3H3;4-8,13H,2-3,9-11H2,1H3. The normalized spacial score (nSPS) is 18.7. The molecule has 5 aliphatic rings. The van der Waals surface area contributed by atoms with Crippen molar-refractivity contribution in [3.05, 3.63) is 153 Å². The highest BCUT2D eigenvalue weighted by atomic mass is 35.5. The van der Waals surface area contributed by atoms with Crippen molar-refractivity contribution in [2.24, 2.45) is 5.92 Å². The van der Waals surface area contributed by atoms with Crippen molar-refractivity contribution in [3.8, 4) is 11.5 Å². The highest BCUT2D eigenvalue weighted by Gasteiger charge is 2.39. The van der Waals surface area contributed by atoms with E-state index in [9.17, 15) is 18.9 Å². The summed E-state index contributed by atoms with van der Waals surface area (Å²) in [6, 6.07) is 25.9. The molecule has 1 aliphatic carbocycles. The number of nitrogens with zero attached hydrogens (tertiary/aromatic N) is 6. The van der Waals surface area contributed by atoms with E-state index >= 15 is 0 Å². The van der Waals surface area contributed by atoms with Crippen LogP contribution in [0.4, 0.5) is 8.78 Å². The average molecular weight is 991 g/mol. The molecule has 4 aliphatic heterocycles. The molecule has 0 saturated carbocycles. The molecule has 2 N–H and O–H groups in total. The lowest BCUT2D eigenvalue weighted by molar-refractivity contribution is 0.0193. The first-order valence-electron chi connectivity index (χ1n) is 25.4. The van der Waals surface area contributed by atoms with Crippen molar-refractivity contribution in [3.63, 3.8) is 0 Å². The molecule has 4 radical (unpaired) electrons. The fourth-order valence-corrected chi connectivity index (χ4v) is 10.9. The van der Waals surface area contributed by atoms with Crippen molar-refractivity contribution in [2.75, 3.05) is 45.9 Å². The van der Waals surface area contributed by atoms with Crippen LogP contribution in [0.15, 0.2) is 104 Å². The number of aryl methyl sites for hydroxylation is 1. The maximum Gasteiger partial charge on any atom is 0.491 e. The molecule has 0 spiro atoms. The van der Waals surface area contributed by atoms with Crippen LogP contribution in [0.3, 0.4) is 0 Å². The minimum atomic E-state index is -1.28. The molecule has 6 aromatic rings. The summed E-state index contributed by atoms with van der Waals surface area (Å²) < 4.78 is 39.9. The van der Waals surface area contributed by atoms with E-state index in [1.807, 2.05) is 88.4 Å². The maximum absolute atomic E-state index is 13.9. The molecule has 2 saturated heterocycles. The number of imidazole rings is 1. The molecule has 10 nitrogen and oxygen atoms in total. The summed E-state index contributed by atoms with van der Waals surface area (Å²) in [6.45, 7) is 13.4. The van der Waals surface area contributed by atoms with E-state index in [0.717, 1.165) is 95.5 Å². The molecule has 1 unspecified atom stereocenters. The van der Waals surface area contributed by atoms with E-state index in [0.29, 0.717) is 54.8 Å². The fourth-order valence-electron chi connectivity index (χ4n) is 10.6. The van der Waals surface area contributed by atoms with Gasteiger partial charge in [0.1, 0.15) is 28.9 Å². The molecule has 72 heavy (non-hydrogen) atoms. The Labute approximate surface area is 431 Å². The van der Waals surface area contributed by atoms with Gasteiger partial charge in [-0.2, -0.15) is 0 Å². The Balaban J connectivity index is 0.000000152. The summed E-state index contributed by atoms with van der Waals surface area (Å²) in [7, 11) is 12.2. The Bertz CT molecular complexity index is 2870. The van der Waals surface area contributed by atoms with E-state index in [4.69, 9.17) is 41.7 Å². The van der Waals surface area contributed by atoms with Crippen molar-refractivity contribution in [1.29, 1.82) is 0 Å². The number of ether oxygens (including phenoxy) is 1. The molecule has 16 heteroatoms. The fraction of sp³-hybridized carbons (Fsp3) is 0.429. The van der Waals surface area contributed by atoms with Crippen LogP contribution < -0.4 is 10.2 Å². The van der Waals surface area contributed by atoms with Crippen LogP contribution >= 0.6 is 11.6 Å². The van der Waals surface area contributed by atoms with Gasteiger partial charge in [0.15, 0.2) is 0 Å². The Hall–Kier alpha value is -5.02. The number of unbranched alkanes of at least 4 members (excludes halogenated alkanes) is 1. The molecule has 3 aromatic heterocycles. The number of alkyl halides is 2. The first-order chi connectivity index (χ1) is 34.6. The lowest BCUT2D eigenvalue weighted by Gasteiger charge is -2.48. The number of aromatic nitrogens is 3. The van der Waals surface area contributed by atoms with Crippen LogP contribution in [0.1, 0.15) is 98.0 Å². The van der Waals surface area contributed by atoms with Crippen LogP contribution in [0.2, 0.25) is 5.02 Å². The molecular weight excluding hydrogens is 927 g/mol. The van der Waals surface area contributed by atoms with Gasteiger partial charge < -0.3 is 28.8 Å². The molecule has 372 valence electrons. The molecule has 0 bridgehead atoms. The minimum absolute atomic E-state index is 0.0322. The Morgan fingerprint density at radius 2 is 1.75 bits per heavy atom. The van der Waals surface area contributed by atoms with Crippen LogP contribution in [-0.2, 0) is 36.0 Å². The number of rotatable bonds is 12. The number of para-hydroxylation sites is 1. The molecule has 1 atom stereocenters. The summed E-state index contributed by atoms with van der Waals surface area (Å²) in [5, 5.41) is 19.3. The summed E-state index contributed by atoms with van der Waals surface area (Å²) in [5.74, 6) is 1.22. The Morgan fingerprint density at radius 3 is 2.49 bits per heavy atom. The van der Waals surface area contributed by atoms with Crippen molar-refractivity contribution >= 4 is 56.7 Å². The third kappa shape index (κ3) is 11.7. The zero-order valence-electron chi connectivity index (χ0n) is 41.9. The number of hydrogen-bond acceptors (Lipinski definition) is 9. The number of hydrogen-bond donors (Lipinski definition) is 2. The second-order valence-corrected chi connectivity index (χ2v) is 21.1. The predicted molar refractivity (Wildman–Crippen MR) is 285 cm³/mol. The SMILES string of the molecule is CC1Cc2c(ccc3c2COB3O)CN1CC(C)(C)F.CCCCN1CC(Oc2ccccc2)C1.[B]C([B])(c1cn2ccc(C3=C(c4ccncc4Cl)CCCc4cc(O)ccc43)cc2n1)N1CC(CF)C1. The van der Waals surface area contributed by atoms with E-state index in [-0.39, 0.29) is 18.3 Å². The van der Waals surface area contributed by atoms with Crippen molar-refractivity contribution < 1.29 is 28.3 Å². The predicted octanol–water partition coefficient (Wildman–Crippen LogP) is 8.68. The minimum Gasteiger partial charge on any atom is -0.508 e. The monoisotopic (exact) mass is 990 g/mol. The molecular formula is C56H64B3ClF2N6O4. The zero-order valence-corrected chi connectivity index (χ0v) is 42.7. The van der Waals surface area contributed by atoms with Gasteiger partial charge in [0.25, 0.3) is 0 Å². The van der Waals surface area contributed by atoms with Gasteiger partial charge in [0, 0.05) is 76.0 Å². The average Bonchev–Trinajstić information content (AvgIpc) is 3.89. The molecule has 2 fully saturated rings. The summed E-state index contributed by atoms with van der Waals surface area (Å²) in [6.07, 6.45) is 13.7. The van der Waals surface area contributed by atoms with Gasteiger partial charge >= 0.3 is 7.12 Å². The summed E-state index contributed by atoms with van der Waals surface area (Å²) in [4.78, 5) is 15.4. The Kier molecular flexibility index (Phi) is 16.0. The number of fused-ring (bicyclic) bond motifs is 5. The highest BCUT2D eigenvalue weighted by Crippen LogP contribution is 2.43. The van der Waals surface area contributed by atoms with Crippen LogP contribution in [0, 0.1) is 5.92 Å². The third-order valence-corrected chi connectivity index (χ3v) is 14.9. The molecule has 11 rings (SSSR count). The topological polar surface area (TPSA) is 98.8 Å². The first-order valence-corrected chi connectivity index (χ1v) is 25.8. The van der Waals surface area contributed by atoms with Gasteiger partial charge in [0.2, 0.25) is 0 Å². The lowest BCUT2D eigenvalue weighted by atomic mass is 9.57. The quantitative estimate of drug-likeness (QED) is 0.117. The van der Waals surface area contributed by atoms with Gasteiger partial charge in [-0.3, -0.25) is 19.2 Å².